The second-order valence-electron chi connectivity index (χ2n) is 8.15. The van der Waals surface area contributed by atoms with Gasteiger partial charge in [0, 0.05) is 5.41 Å². The molecular formula is C20H24O3. The summed E-state index contributed by atoms with van der Waals surface area (Å²) in [6.07, 6.45) is 15.5. The molecule has 0 saturated heterocycles. The standard InChI is InChI=1S/C20H24O3/c1-3-19(22)10-8-16-15-5-4-13-12-14(21)6-11-20(13,23)17(15)7-9-18(16,19)2/h1,6,11-12,15-17,22-23H,4-5,7-10H2,2H3/t15-,16-,17-,18-,19-,20+/m0/s1. The van der Waals surface area contributed by atoms with Crippen LogP contribution >= 0.6 is 0 Å². The summed E-state index contributed by atoms with van der Waals surface area (Å²) in [6.45, 7) is 2.14. The predicted octanol–water partition coefficient (Wildman–Crippen LogP) is 2.38. The van der Waals surface area contributed by atoms with E-state index >= 15 is 0 Å². The zero-order chi connectivity index (χ0) is 16.5. The average Bonchev–Trinajstić information content (AvgIpc) is 2.80. The number of terminal acetylenes is 1. The van der Waals surface area contributed by atoms with Crippen LogP contribution in [0.3, 0.4) is 0 Å². The summed E-state index contributed by atoms with van der Waals surface area (Å²) in [4.78, 5) is 11.6. The van der Waals surface area contributed by atoms with Crippen LogP contribution in [-0.2, 0) is 4.79 Å². The molecule has 3 nitrogen and oxygen atoms in total. The molecule has 23 heavy (non-hydrogen) atoms. The Hall–Kier alpha value is -1.37. The van der Waals surface area contributed by atoms with Crippen LogP contribution in [0.4, 0.5) is 0 Å². The molecule has 4 aliphatic rings. The van der Waals surface area contributed by atoms with Gasteiger partial charge in [-0.15, -0.1) is 6.42 Å². The number of hydrogen-bond donors (Lipinski definition) is 2. The fourth-order valence-electron chi connectivity index (χ4n) is 6.10. The van der Waals surface area contributed by atoms with Gasteiger partial charge in [-0.25, -0.2) is 0 Å². The molecule has 0 aliphatic heterocycles. The van der Waals surface area contributed by atoms with Gasteiger partial charge in [0.25, 0.3) is 0 Å². The van der Waals surface area contributed by atoms with Gasteiger partial charge < -0.3 is 10.2 Å². The first kappa shape index (κ1) is 15.2. The van der Waals surface area contributed by atoms with Crippen LogP contribution in [0.15, 0.2) is 23.8 Å². The van der Waals surface area contributed by atoms with Crippen LogP contribution in [-0.4, -0.2) is 27.2 Å². The summed E-state index contributed by atoms with van der Waals surface area (Å²) in [6, 6.07) is 0. The number of ketones is 1. The van der Waals surface area contributed by atoms with Crippen molar-refractivity contribution in [3.8, 4) is 12.3 Å². The van der Waals surface area contributed by atoms with Crippen molar-refractivity contribution in [3.63, 3.8) is 0 Å². The lowest BCUT2D eigenvalue weighted by Crippen LogP contribution is -2.56. The Morgan fingerprint density at radius 2 is 1.96 bits per heavy atom. The molecule has 0 radical (unpaired) electrons. The summed E-state index contributed by atoms with van der Waals surface area (Å²) in [5, 5.41) is 22.2. The third kappa shape index (κ3) is 1.77. The minimum Gasteiger partial charge on any atom is -0.381 e. The summed E-state index contributed by atoms with van der Waals surface area (Å²) in [5.74, 6) is 3.48. The molecule has 4 rings (SSSR count). The third-order valence-electron chi connectivity index (χ3n) is 7.47. The molecule has 0 bridgehead atoms. The van der Waals surface area contributed by atoms with E-state index in [1.165, 1.54) is 6.08 Å². The molecular weight excluding hydrogens is 288 g/mol. The lowest BCUT2D eigenvalue weighted by atomic mass is 9.50. The van der Waals surface area contributed by atoms with Crippen molar-refractivity contribution in [1.82, 2.24) is 0 Å². The van der Waals surface area contributed by atoms with Crippen molar-refractivity contribution < 1.29 is 15.0 Å². The molecule has 122 valence electrons. The van der Waals surface area contributed by atoms with Gasteiger partial charge in [-0.05, 0) is 80.1 Å². The van der Waals surface area contributed by atoms with Crippen molar-refractivity contribution in [2.24, 2.45) is 23.2 Å². The van der Waals surface area contributed by atoms with Crippen molar-refractivity contribution in [1.29, 1.82) is 0 Å². The Bertz CT molecular complexity index is 669. The molecule has 0 heterocycles. The molecule has 2 N–H and O–H groups in total. The van der Waals surface area contributed by atoms with Gasteiger partial charge in [-0.2, -0.15) is 0 Å². The maximum absolute atomic E-state index is 11.6. The predicted molar refractivity (Wildman–Crippen MR) is 87.2 cm³/mol. The van der Waals surface area contributed by atoms with E-state index in [0.717, 1.165) is 37.7 Å². The molecule has 0 spiro atoms. The van der Waals surface area contributed by atoms with Crippen molar-refractivity contribution in [3.05, 3.63) is 23.8 Å². The van der Waals surface area contributed by atoms with Gasteiger partial charge in [-0.1, -0.05) is 12.8 Å². The fourth-order valence-corrected chi connectivity index (χ4v) is 6.10. The maximum Gasteiger partial charge on any atom is 0.178 e. The minimum absolute atomic E-state index is 0.0219. The van der Waals surface area contributed by atoms with Crippen LogP contribution in [0.5, 0.6) is 0 Å². The van der Waals surface area contributed by atoms with E-state index in [-0.39, 0.29) is 17.1 Å². The largest absolute Gasteiger partial charge is 0.381 e. The average molecular weight is 312 g/mol. The molecule has 4 aliphatic carbocycles. The summed E-state index contributed by atoms with van der Waals surface area (Å²) >= 11 is 0. The summed E-state index contributed by atoms with van der Waals surface area (Å²) in [5.41, 5.74) is -1.37. The zero-order valence-corrected chi connectivity index (χ0v) is 13.6. The number of fused-ring (bicyclic) bond motifs is 5. The molecule has 3 saturated carbocycles. The molecule has 0 unspecified atom stereocenters. The van der Waals surface area contributed by atoms with Gasteiger partial charge in [0.1, 0.15) is 11.2 Å². The van der Waals surface area contributed by atoms with E-state index in [2.05, 4.69) is 12.8 Å². The SMILES string of the molecule is C#C[C@]1(O)CC[C@H]2[C@@H]3CCC4=CC(=O)C=C[C@]4(O)[C@H]3CC[C@@]21C. The Morgan fingerprint density at radius 3 is 2.70 bits per heavy atom. The normalized spacial score (nSPS) is 51.3. The van der Waals surface area contributed by atoms with Crippen LogP contribution < -0.4 is 0 Å². The number of rotatable bonds is 0. The molecule has 0 aromatic heterocycles. The highest BCUT2D eigenvalue weighted by atomic mass is 16.3. The molecule has 0 aromatic rings. The first-order valence-corrected chi connectivity index (χ1v) is 8.71. The Labute approximate surface area is 137 Å². The quantitative estimate of drug-likeness (QED) is 0.675. The Morgan fingerprint density at radius 1 is 1.22 bits per heavy atom. The smallest absolute Gasteiger partial charge is 0.178 e. The van der Waals surface area contributed by atoms with E-state index in [4.69, 9.17) is 6.42 Å². The topological polar surface area (TPSA) is 57.5 Å². The third-order valence-corrected chi connectivity index (χ3v) is 7.47. The monoisotopic (exact) mass is 312 g/mol. The highest BCUT2D eigenvalue weighted by Gasteiger charge is 2.63. The Kier molecular flexibility index (Phi) is 3.03. The van der Waals surface area contributed by atoms with E-state index in [0.29, 0.717) is 18.3 Å². The van der Waals surface area contributed by atoms with Crippen molar-refractivity contribution in [2.75, 3.05) is 0 Å². The van der Waals surface area contributed by atoms with Gasteiger partial charge in [0.2, 0.25) is 0 Å². The van der Waals surface area contributed by atoms with Crippen LogP contribution in [0.25, 0.3) is 0 Å². The number of hydrogen-bond acceptors (Lipinski definition) is 3. The van der Waals surface area contributed by atoms with E-state index in [1.54, 1.807) is 12.2 Å². The van der Waals surface area contributed by atoms with Crippen molar-refractivity contribution in [2.45, 2.75) is 56.7 Å². The van der Waals surface area contributed by atoms with E-state index in [1.807, 2.05) is 0 Å². The van der Waals surface area contributed by atoms with Gasteiger partial charge in [0.05, 0.1) is 0 Å². The van der Waals surface area contributed by atoms with E-state index in [9.17, 15) is 15.0 Å². The van der Waals surface area contributed by atoms with Gasteiger partial charge in [-0.3, -0.25) is 4.79 Å². The highest BCUT2D eigenvalue weighted by Crippen LogP contribution is 2.64. The first-order valence-electron chi connectivity index (χ1n) is 8.71. The highest BCUT2D eigenvalue weighted by molar-refractivity contribution is 6.01. The molecule has 3 fully saturated rings. The molecule has 3 heteroatoms. The van der Waals surface area contributed by atoms with Crippen LogP contribution in [0.2, 0.25) is 0 Å². The number of carbonyl (C=O) groups is 1. The Balaban J connectivity index is 1.72. The number of allylic oxidation sites excluding steroid dienone is 2. The van der Waals surface area contributed by atoms with Gasteiger partial charge in [0.15, 0.2) is 5.78 Å². The second kappa shape index (κ2) is 4.59. The molecule has 6 atom stereocenters. The fraction of sp³-hybridized carbons (Fsp3) is 0.650. The minimum atomic E-state index is -1.01. The first-order chi connectivity index (χ1) is 10.8. The van der Waals surface area contributed by atoms with Crippen molar-refractivity contribution >= 4 is 5.78 Å². The maximum atomic E-state index is 11.6. The number of carbonyl (C=O) groups excluding carboxylic acids is 1. The number of aliphatic hydroxyl groups is 2. The molecule has 0 aromatic carbocycles. The zero-order valence-electron chi connectivity index (χ0n) is 13.6. The lowest BCUT2D eigenvalue weighted by Gasteiger charge is -2.56. The van der Waals surface area contributed by atoms with Crippen LogP contribution in [0, 0.1) is 35.5 Å². The van der Waals surface area contributed by atoms with E-state index < -0.39 is 11.2 Å². The molecule has 0 amide bonds. The summed E-state index contributed by atoms with van der Waals surface area (Å²) < 4.78 is 0. The van der Waals surface area contributed by atoms with Gasteiger partial charge >= 0.3 is 0 Å². The van der Waals surface area contributed by atoms with Crippen LogP contribution in [0.1, 0.15) is 45.4 Å². The summed E-state index contributed by atoms with van der Waals surface area (Å²) in [7, 11) is 0. The second-order valence-corrected chi connectivity index (χ2v) is 8.15. The lowest BCUT2D eigenvalue weighted by molar-refractivity contribution is -0.117.